The summed E-state index contributed by atoms with van der Waals surface area (Å²) in [4.78, 5) is 2.13. The molecule has 0 heterocycles. The van der Waals surface area contributed by atoms with Crippen molar-refractivity contribution in [1.29, 1.82) is 0 Å². The van der Waals surface area contributed by atoms with E-state index in [1.54, 1.807) is 0 Å². The molecule has 1 heteroatoms. The fraction of sp³-hybridized carbons (Fsp3) is 0.636. The van der Waals surface area contributed by atoms with E-state index in [1.807, 2.05) is 0 Å². The van der Waals surface area contributed by atoms with Gasteiger partial charge in [-0.1, -0.05) is 18.8 Å². The Morgan fingerprint density at radius 1 is 1.17 bits per heavy atom. The van der Waals surface area contributed by atoms with E-state index in [0.29, 0.717) is 13.1 Å². The van der Waals surface area contributed by atoms with Crippen LogP contribution in [0, 0.1) is 24.7 Å². The fourth-order valence-corrected chi connectivity index (χ4v) is 0.928. The zero-order valence-corrected chi connectivity index (χ0v) is 8.22. The molecule has 0 N–H and O–H groups in total. The third-order valence-corrected chi connectivity index (χ3v) is 2.29. The molecule has 0 aliphatic heterocycles. The van der Waals surface area contributed by atoms with E-state index in [4.69, 9.17) is 12.8 Å². The largest absolute Gasteiger partial charge is 0.276 e. The molecule has 0 amide bonds. The maximum Gasteiger partial charge on any atom is 0.0612 e. The highest BCUT2D eigenvalue weighted by Gasteiger charge is 2.22. The van der Waals surface area contributed by atoms with Gasteiger partial charge in [-0.3, -0.25) is 4.90 Å². The number of hydrogen-bond acceptors (Lipinski definition) is 1. The summed E-state index contributed by atoms with van der Waals surface area (Å²) >= 11 is 0. The number of terminal acetylenes is 2. The molecule has 0 unspecified atom stereocenters. The molecule has 12 heavy (non-hydrogen) atoms. The van der Waals surface area contributed by atoms with Crippen LogP contribution in [0.25, 0.3) is 0 Å². The Labute approximate surface area is 76.1 Å². The van der Waals surface area contributed by atoms with Gasteiger partial charge in [-0.15, -0.1) is 12.8 Å². The highest BCUT2D eigenvalue weighted by Crippen LogP contribution is 2.16. The maximum atomic E-state index is 5.25. The smallest absolute Gasteiger partial charge is 0.0612 e. The Balaban J connectivity index is 4.31. The average Bonchev–Trinajstić information content (AvgIpc) is 2.04. The topological polar surface area (TPSA) is 3.24 Å². The molecule has 0 aliphatic rings. The third kappa shape index (κ3) is 2.99. The Hall–Kier alpha value is -0.920. The molecule has 0 radical (unpaired) electrons. The van der Waals surface area contributed by atoms with Crippen LogP contribution >= 0.6 is 0 Å². The second-order valence-corrected chi connectivity index (χ2v) is 3.43. The van der Waals surface area contributed by atoms with Gasteiger partial charge in [0.25, 0.3) is 0 Å². The Kier molecular flexibility index (Phi) is 4.49. The molecular weight excluding hydrogens is 146 g/mol. The van der Waals surface area contributed by atoms with E-state index in [2.05, 4.69) is 37.5 Å². The van der Waals surface area contributed by atoms with Crippen LogP contribution in [0.4, 0.5) is 0 Å². The van der Waals surface area contributed by atoms with Crippen molar-refractivity contribution in [3.8, 4) is 24.7 Å². The van der Waals surface area contributed by atoms with E-state index >= 15 is 0 Å². The molecule has 0 aliphatic carbocycles. The zero-order valence-electron chi connectivity index (χ0n) is 8.22. The lowest BCUT2D eigenvalue weighted by Crippen LogP contribution is -2.43. The minimum atomic E-state index is 0.110. The minimum Gasteiger partial charge on any atom is -0.276 e. The van der Waals surface area contributed by atoms with Gasteiger partial charge in [0, 0.05) is 5.54 Å². The van der Waals surface area contributed by atoms with Gasteiger partial charge in [0.15, 0.2) is 0 Å². The van der Waals surface area contributed by atoms with Gasteiger partial charge in [0.2, 0.25) is 0 Å². The Morgan fingerprint density at radius 3 is 1.83 bits per heavy atom. The van der Waals surface area contributed by atoms with Crippen molar-refractivity contribution in [3.05, 3.63) is 0 Å². The van der Waals surface area contributed by atoms with Gasteiger partial charge in [-0.2, -0.15) is 0 Å². The quantitative estimate of drug-likeness (QED) is 0.571. The van der Waals surface area contributed by atoms with Crippen molar-refractivity contribution in [3.63, 3.8) is 0 Å². The molecular formula is C11H17N. The second kappa shape index (κ2) is 4.86. The van der Waals surface area contributed by atoms with Gasteiger partial charge < -0.3 is 0 Å². The van der Waals surface area contributed by atoms with Gasteiger partial charge in [-0.25, -0.2) is 0 Å². The van der Waals surface area contributed by atoms with Gasteiger partial charge >= 0.3 is 0 Å². The highest BCUT2D eigenvalue weighted by molar-refractivity contribution is 4.99. The summed E-state index contributed by atoms with van der Waals surface area (Å²) in [6.07, 6.45) is 11.6. The highest BCUT2D eigenvalue weighted by atomic mass is 15.2. The zero-order chi connectivity index (χ0) is 9.61. The lowest BCUT2D eigenvalue weighted by atomic mass is 9.99. The van der Waals surface area contributed by atoms with Crippen molar-refractivity contribution in [2.24, 2.45) is 0 Å². The van der Waals surface area contributed by atoms with Crippen LogP contribution in [0.15, 0.2) is 0 Å². The van der Waals surface area contributed by atoms with Crippen LogP contribution in [-0.4, -0.2) is 23.5 Å². The van der Waals surface area contributed by atoms with Gasteiger partial charge in [0.05, 0.1) is 13.1 Å². The van der Waals surface area contributed by atoms with E-state index in [-0.39, 0.29) is 5.54 Å². The molecule has 66 valence electrons. The summed E-state index contributed by atoms with van der Waals surface area (Å²) in [7, 11) is 0. The SMILES string of the molecule is C#CCN(CC#C)C(C)(C)CC. The van der Waals surface area contributed by atoms with Crippen LogP contribution in [0.5, 0.6) is 0 Å². The Morgan fingerprint density at radius 2 is 1.58 bits per heavy atom. The standard InChI is InChI=1S/C11H17N/c1-6-9-12(10-7-2)11(4,5)8-3/h1-2H,8-10H2,3-5H3. The molecule has 0 saturated carbocycles. The maximum absolute atomic E-state index is 5.25. The average molecular weight is 163 g/mol. The molecule has 0 aromatic heterocycles. The van der Waals surface area contributed by atoms with Crippen molar-refractivity contribution in [2.45, 2.75) is 32.7 Å². The van der Waals surface area contributed by atoms with Crippen LogP contribution in [0.3, 0.4) is 0 Å². The van der Waals surface area contributed by atoms with E-state index in [9.17, 15) is 0 Å². The van der Waals surface area contributed by atoms with Gasteiger partial charge in [0.1, 0.15) is 0 Å². The molecule has 0 bridgehead atoms. The number of rotatable bonds is 4. The summed E-state index contributed by atoms with van der Waals surface area (Å²) in [5.41, 5.74) is 0.110. The van der Waals surface area contributed by atoms with Crippen molar-refractivity contribution in [2.75, 3.05) is 13.1 Å². The summed E-state index contributed by atoms with van der Waals surface area (Å²) in [5, 5.41) is 0. The number of nitrogens with zero attached hydrogens (tertiary/aromatic N) is 1. The lowest BCUT2D eigenvalue weighted by molar-refractivity contribution is 0.153. The summed E-state index contributed by atoms with van der Waals surface area (Å²) in [6.45, 7) is 7.71. The summed E-state index contributed by atoms with van der Waals surface area (Å²) in [5.74, 6) is 5.25. The van der Waals surface area contributed by atoms with Gasteiger partial charge in [-0.05, 0) is 20.3 Å². The first kappa shape index (κ1) is 11.1. The molecule has 0 spiro atoms. The molecule has 1 nitrogen and oxygen atoms in total. The van der Waals surface area contributed by atoms with Crippen LogP contribution in [0.1, 0.15) is 27.2 Å². The third-order valence-electron chi connectivity index (χ3n) is 2.29. The fourth-order valence-electron chi connectivity index (χ4n) is 0.928. The second-order valence-electron chi connectivity index (χ2n) is 3.43. The first-order valence-electron chi connectivity index (χ1n) is 4.20. The van der Waals surface area contributed by atoms with Crippen LogP contribution in [-0.2, 0) is 0 Å². The van der Waals surface area contributed by atoms with E-state index < -0.39 is 0 Å². The normalized spacial score (nSPS) is 10.8. The van der Waals surface area contributed by atoms with Crippen molar-refractivity contribution in [1.82, 2.24) is 4.90 Å². The van der Waals surface area contributed by atoms with Crippen LogP contribution < -0.4 is 0 Å². The lowest BCUT2D eigenvalue weighted by Gasteiger charge is -2.35. The molecule has 0 aromatic rings. The van der Waals surface area contributed by atoms with Crippen molar-refractivity contribution >= 4 is 0 Å². The van der Waals surface area contributed by atoms with Crippen LogP contribution in [0.2, 0.25) is 0 Å². The molecule has 0 rings (SSSR count). The first-order chi connectivity index (χ1) is 5.58. The van der Waals surface area contributed by atoms with E-state index in [0.717, 1.165) is 6.42 Å². The summed E-state index contributed by atoms with van der Waals surface area (Å²) in [6, 6.07) is 0. The molecule has 0 saturated heterocycles. The minimum absolute atomic E-state index is 0.110. The first-order valence-corrected chi connectivity index (χ1v) is 4.20. The predicted molar refractivity (Wildman–Crippen MR) is 53.6 cm³/mol. The monoisotopic (exact) mass is 163 g/mol. The summed E-state index contributed by atoms with van der Waals surface area (Å²) < 4.78 is 0. The molecule has 0 fully saturated rings. The number of hydrogen-bond donors (Lipinski definition) is 0. The predicted octanol–water partition coefficient (Wildman–Crippen LogP) is 1.74. The van der Waals surface area contributed by atoms with Crippen molar-refractivity contribution < 1.29 is 0 Å². The van der Waals surface area contributed by atoms with E-state index in [1.165, 1.54) is 0 Å². The Bertz CT molecular complexity index is 186. The molecule has 0 aromatic carbocycles. The molecule has 0 atom stereocenters.